The SMILES string of the molecule is COC(=O)C1=C(C)N=c2s/c(=C\c3ccc(OC)c(I)c3)c(=O)n2[C@@H]1c1cc(Cl)ccc1OC. The lowest BCUT2D eigenvalue weighted by atomic mass is 9.95. The molecule has 176 valence electrons. The summed E-state index contributed by atoms with van der Waals surface area (Å²) in [4.78, 5) is 31.5. The van der Waals surface area contributed by atoms with Gasteiger partial charge in [0.25, 0.3) is 5.56 Å². The van der Waals surface area contributed by atoms with Gasteiger partial charge < -0.3 is 14.2 Å². The van der Waals surface area contributed by atoms with Crippen LogP contribution in [0.2, 0.25) is 5.02 Å². The Balaban J connectivity index is 2.00. The molecule has 7 nitrogen and oxygen atoms in total. The van der Waals surface area contributed by atoms with Crippen molar-refractivity contribution in [3.05, 3.63) is 87.1 Å². The lowest BCUT2D eigenvalue weighted by molar-refractivity contribution is -0.136. The molecule has 0 spiro atoms. The Morgan fingerprint density at radius 2 is 1.85 bits per heavy atom. The minimum Gasteiger partial charge on any atom is -0.496 e. The summed E-state index contributed by atoms with van der Waals surface area (Å²) in [7, 11) is 4.43. The molecule has 3 aromatic rings. The number of halogens is 2. The molecule has 0 saturated carbocycles. The molecule has 2 heterocycles. The van der Waals surface area contributed by atoms with E-state index in [1.165, 1.54) is 30.1 Å². The topological polar surface area (TPSA) is 79.1 Å². The Labute approximate surface area is 218 Å². The Hall–Kier alpha value is -2.63. The molecule has 0 saturated heterocycles. The standard InChI is InChI=1S/C24H20ClIN2O5S/c1-12-20(23(30)33-4)21(15-11-14(25)6-8-17(15)31-2)28-22(29)19(34-24(28)27-12)10-13-5-7-18(32-3)16(26)9-13/h5-11,21H,1-4H3/b19-10-/t21-/m1/s1. The molecule has 0 bridgehead atoms. The van der Waals surface area contributed by atoms with Crippen LogP contribution in [0.1, 0.15) is 24.1 Å². The van der Waals surface area contributed by atoms with Gasteiger partial charge in [-0.25, -0.2) is 9.79 Å². The van der Waals surface area contributed by atoms with Gasteiger partial charge in [0, 0.05) is 10.6 Å². The third kappa shape index (κ3) is 4.39. The average Bonchev–Trinajstić information content (AvgIpc) is 3.12. The molecule has 4 rings (SSSR count). The average molecular weight is 611 g/mol. The van der Waals surface area contributed by atoms with Gasteiger partial charge in [-0.2, -0.15) is 0 Å². The van der Waals surface area contributed by atoms with Crippen LogP contribution in [0.15, 0.2) is 57.5 Å². The Morgan fingerprint density at radius 1 is 1.15 bits per heavy atom. The fraction of sp³-hybridized carbons (Fsp3) is 0.208. The van der Waals surface area contributed by atoms with Crippen LogP contribution in [0.25, 0.3) is 6.08 Å². The van der Waals surface area contributed by atoms with E-state index in [-0.39, 0.29) is 11.1 Å². The zero-order chi connectivity index (χ0) is 24.6. The monoisotopic (exact) mass is 610 g/mol. The number of fused-ring (bicyclic) bond motifs is 1. The molecule has 34 heavy (non-hydrogen) atoms. The lowest BCUT2D eigenvalue weighted by Gasteiger charge is -2.25. The first-order valence-electron chi connectivity index (χ1n) is 10.1. The van der Waals surface area contributed by atoms with Gasteiger partial charge in [-0.1, -0.05) is 29.0 Å². The molecule has 1 aliphatic heterocycles. The van der Waals surface area contributed by atoms with E-state index in [0.717, 1.165) is 14.9 Å². The summed E-state index contributed by atoms with van der Waals surface area (Å²) in [5.41, 5.74) is 1.84. The van der Waals surface area contributed by atoms with Gasteiger partial charge in [0.05, 0.1) is 40.7 Å². The predicted molar refractivity (Wildman–Crippen MR) is 139 cm³/mol. The van der Waals surface area contributed by atoms with E-state index in [9.17, 15) is 9.59 Å². The number of carbonyl (C=O) groups is 1. The van der Waals surface area contributed by atoms with Crippen LogP contribution in [-0.2, 0) is 9.53 Å². The highest BCUT2D eigenvalue weighted by Gasteiger charge is 2.35. The minimum atomic E-state index is -0.810. The number of methoxy groups -OCH3 is 3. The first kappa shape index (κ1) is 24.5. The van der Waals surface area contributed by atoms with Crippen LogP contribution >= 0.6 is 45.5 Å². The number of esters is 1. The highest BCUT2D eigenvalue weighted by atomic mass is 127. The van der Waals surface area contributed by atoms with Gasteiger partial charge in [0.1, 0.15) is 17.5 Å². The highest BCUT2D eigenvalue weighted by molar-refractivity contribution is 14.1. The maximum atomic E-state index is 13.7. The van der Waals surface area contributed by atoms with Crippen molar-refractivity contribution >= 4 is 57.6 Å². The summed E-state index contributed by atoms with van der Waals surface area (Å²) < 4.78 is 18.8. The number of nitrogens with zero attached hydrogens (tertiary/aromatic N) is 2. The first-order valence-corrected chi connectivity index (χ1v) is 12.3. The Bertz CT molecular complexity index is 1510. The molecule has 1 aliphatic rings. The number of rotatable bonds is 5. The number of hydrogen-bond acceptors (Lipinski definition) is 7. The van der Waals surface area contributed by atoms with Crippen LogP contribution in [0.3, 0.4) is 0 Å². The van der Waals surface area contributed by atoms with Gasteiger partial charge >= 0.3 is 5.97 Å². The maximum absolute atomic E-state index is 13.7. The van der Waals surface area contributed by atoms with Gasteiger partial charge in [-0.3, -0.25) is 9.36 Å². The van der Waals surface area contributed by atoms with Crippen LogP contribution in [-0.4, -0.2) is 31.9 Å². The fourth-order valence-corrected chi connectivity index (χ4v) is 5.82. The van der Waals surface area contributed by atoms with Crippen LogP contribution in [0.4, 0.5) is 0 Å². The van der Waals surface area contributed by atoms with E-state index < -0.39 is 12.0 Å². The third-order valence-electron chi connectivity index (χ3n) is 5.39. The van der Waals surface area contributed by atoms with Crippen molar-refractivity contribution in [1.29, 1.82) is 0 Å². The van der Waals surface area contributed by atoms with Crippen molar-refractivity contribution in [2.75, 3.05) is 21.3 Å². The number of benzene rings is 2. The molecule has 1 atom stereocenters. The summed E-state index contributed by atoms with van der Waals surface area (Å²) in [6, 6.07) is 9.93. The molecule has 10 heteroatoms. The first-order chi connectivity index (χ1) is 16.3. The minimum absolute atomic E-state index is 0.251. The second kappa shape index (κ2) is 9.93. The molecular weight excluding hydrogens is 591 g/mol. The number of hydrogen-bond donors (Lipinski definition) is 0. The second-order valence-electron chi connectivity index (χ2n) is 7.35. The predicted octanol–water partition coefficient (Wildman–Crippen LogP) is 3.68. The zero-order valence-electron chi connectivity index (χ0n) is 18.7. The second-order valence-corrected chi connectivity index (χ2v) is 9.96. The van der Waals surface area contributed by atoms with Gasteiger partial charge in [-0.15, -0.1) is 0 Å². The summed E-state index contributed by atoms with van der Waals surface area (Å²) in [5.74, 6) is 0.669. The van der Waals surface area contributed by atoms with Crippen molar-refractivity contribution in [2.24, 2.45) is 4.99 Å². The van der Waals surface area contributed by atoms with Crippen molar-refractivity contribution in [3.63, 3.8) is 0 Å². The van der Waals surface area contributed by atoms with E-state index in [0.29, 0.717) is 31.4 Å². The van der Waals surface area contributed by atoms with E-state index in [1.54, 1.807) is 38.3 Å². The molecule has 0 fully saturated rings. The molecule has 2 aromatic carbocycles. The molecule has 0 unspecified atom stereocenters. The number of thiazole rings is 1. The molecule has 0 radical (unpaired) electrons. The number of aromatic nitrogens is 1. The summed E-state index contributed by atoms with van der Waals surface area (Å²) in [5, 5.41) is 0.449. The highest BCUT2D eigenvalue weighted by Crippen LogP contribution is 2.37. The lowest BCUT2D eigenvalue weighted by Crippen LogP contribution is -2.40. The van der Waals surface area contributed by atoms with Crippen LogP contribution in [0, 0.1) is 3.57 Å². The van der Waals surface area contributed by atoms with Gasteiger partial charge in [0.15, 0.2) is 4.80 Å². The zero-order valence-corrected chi connectivity index (χ0v) is 22.4. The van der Waals surface area contributed by atoms with E-state index in [2.05, 4.69) is 27.6 Å². The molecule has 0 N–H and O–H groups in total. The normalized spacial score (nSPS) is 15.6. The number of ether oxygens (including phenoxy) is 3. The van der Waals surface area contributed by atoms with E-state index >= 15 is 0 Å². The Morgan fingerprint density at radius 3 is 2.50 bits per heavy atom. The molecule has 0 amide bonds. The van der Waals surface area contributed by atoms with Gasteiger partial charge in [0.2, 0.25) is 0 Å². The molecular formula is C24H20ClIN2O5S. The summed E-state index contributed by atoms with van der Waals surface area (Å²) in [6.07, 6.45) is 1.80. The van der Waals surface area contributed by atoms with E-state index in [1.807, 2.05) is 18.2 Å². The third-order valence-corrected chi connectivity index (χ3v) is 7.45. The van der Waals surface area contributed by atoms with E-state index in [4.69, 9.17) is 25.8 Å². The van der Waals surface area contributed by atoms with Crippen molar-refractivity contribution in [3.8, 4) is 11.5 Å². The van der Waals surface area contributed by atoms with Crippen molar-refractivity contribution in [2.45, 2.75) is 13.0 Å². The number of allylic oxidation sites excluding steroid dienone is 1. The molecule has 1 aromatic heterocycles. The number of carbonyl (C=O) groups excluding carboxylic acids is 1. The summed E-state index contributed by atoms with van der Waals surface area (Å²) >= 11 is 9.73. The Kier molecular flexibility index (Phi) is 7.15. The quantitative estimate of drug-likeness (QED) is 0.325. The molecule has 0 aliphatic carbocycles. The van der Waals surface area contributed by atoms with Crippen LogP contribution in [0.5, 0.6) is 11.5 Å². The summed E-state index contributed by atoms with van der Waals surface area (Å²) in [6.45, 7) is 1.72. The van der Waals surface area contributed by atoms with Gasteiger partial charge in [-0.05, 0) is 71.5 Å². The van der Waals surface area contributed by atoms with Crippen molar-refractivity contribution in [1.82, 2.24) is 4.57 Å². The smallest absolute Gasteiger partial charge is 0.338 e. The fourth-order valence-electron chi connectivity index (χ4n) is 3.83. The maximum Gasteiger partial charge on any atom is 0.338 e. The largest absolute Gasteiger partial charge is 0.496 e. The van der Waals surface area contributed by atoms with Crippen LogP contribution < -0.4 is 24.4 Å². The van der Waals surface area contributed by atoms with Crippen molar-refractivity contribution < 1.29 is 19.0 Å².